The number of hydrogen-bond acceptors (Lipinski definition) is 2. The maximum Gasteiger partial charge on any atom is 0.422 e. The Hall–Kier alpha value is -2.63. The minimum atomic E-state index is -5.00. The van der Waals surface area contributed by atoms with E-state index in [1.807, 2.05) is 0 Å². The van der Waals surface area contributed by atoms with E-state index in [0.717, 1.165) is 30.4 Å². The van der Waals surface area contributed by atoms with Crippen LogP contribution in [0.2, 0.25) is 0 Å². The number of hydrogen-bond donors (Lipinski definition) is 1. The number of carboxylic acid groups (broad SMARTS) is 1. The fourth-order valence-corrected chi connectivity index (χ4v) is 3.37. The summed E-state index contributed by atoms with van der Waals surface area (Å²) >= 11 is 3.01. The molecule has 1 N–H and O–H groups in total. The molecule has 1 atom stereocenters. The van der Waals surface area contributed by atoms with Gasteiger partial charge in [-0.15, -0.1) is 0 Å². The molecule has 0 aliphatic carbocycles. The van der Waals surface area contributed by atoms with Gasteiger partial charge < -0.3 is 9.84 Å². The van der Waals surface area contributed by atoms with E-state index in [2.05, 4.69) is 20.7 Å². The summed E-state index contributed by atoms with van der Waals surface area (Å²) in [6.45, 7) is -1.12. The van der Waals surface area contributed by atoms with E-state index in [4.69, 9.17) is 5.11 Å². The molecule has 3 nitrogen and oxygen atoms in total. The average Bonchev–Trinajstić information content (AvgIpc) is 2.63. The third-order valence-electron chi connectivity index (χ3n) is 4.26. The largest absolute Gasteiger partial charge is 0.484 e. The number of benzene rings is 2. The first-order chi connectivity index (χ1) is 15.0. The highest BCUT2D eigenvalue weighted by atomic mass is 79.9. The predicted octanol–water partition coefficient (Wildman–Crippen LogP) is 7.56. The molecule has 0 amide bonds. The maximum atomic E-state index is 14.3. The zero-order chi connectivity index (χ0) is 25.2. The monoisotopic (exact) mass is 546 g/mol. The van der Waals surface area contributed by atoms with Crippen LogP contribution in [0.1, 0.15) is 39.9 Å². The van der Waals surface area contributed by atoms with E-state index in [-0.39, 0.29) is 21.3 Å². The number of halogens is 9. The van der Waals surface area contributed by atoms with Gasteiger partial charge in [-0.3, -0.25) is 0 Å². The van der Waals surface area contributed by atoms with Gasteiger partial charge in [0.05, 0.1) is 17.0 Å². The molecule has 180 valence electrons. The van der Waals surface area contributed by atoms with Crippen molar-refractivity contribution >= 4 is 28.0 Å². The van der Waals surface area contributed by atoms with Crippen molar-refractivity contribution in [3.05, 3.63) is 69.2 Å². The highest BCUT2D eigenvalue weighted by Crippen LogP contribution is 2.39. The van der Waals surface area contributed by atoms with Crippen molar-refractivity contribution in [3.63, 3.8) is 0 Å². The Kier molecular flexibility index (Phi) is 7.82. The van der Waals surface area contributed by atoms with Crippen molar-refractivity contribution in [1.82, 2.24) is 0 Å². The van der Waals surface area contributed by atoms with Gasteiger partial charge in [-0.1, -0.05) is 34.1 Å². The summed E-state index contributed by atoms with van der Waals surface area (Å²) in [7, 11) is 0. The third-order valence-corrected chi connectivity index (χ3v) is 4.72. The Balaban J connectivity index is 2.46. The minimum absolute atomic E-state index is 0.144. The molecule has 0 fully saturated rings. The molecule has 0 heterocycles. The van der Waals surface area contributed by atoms with Gasteiger partial charge in [-0.05, 0) is 41.5 Å². The van der Waals surface area contributed by atoms with Crippen LogP contribution in [-0.2, 0) is 6.18 Å². The van der Waals surface area contributed by atoms with E-state index < -0.39 is 47.9 Å². The molecule has 0 aromatic heterocycles. The Bertz CT molecular complexity index is 1040. The van der Waals surface area contributed by atoms with Crippen molar-refractivity contribution in [3.8, 4) is 5.75 Å². The second-order valence-electron chi connectivity index (χ2n) is 7.03. The van der Waals surface area contributed by atoms with Crippen molar-refractivity contribution < 1.29 is 49.8 Å². The molecule has 2 rings (SSSR count). The molecule has 0 spiro atoms. The predicted molar refractivity (Wildman–Crippen MR) is 106 cm³/mol. The molecule has 0 saturated carbocycles. The number of rotatable bonds is 7. The van der Waals surface area contributed by atoms with Gasteiger partial charge >= 0.3 is 18.3 Å². The molecule has 2 aromatic carbocycles. The summed E-state index contributed by atoms with van der Waals surface area (Å²) in [6.07, 6.45) is -7.83. The van der Waals surface area contributed by atoms with Crippen LogP contribution >= 0.6 is 15.9 Å². The van der Waals surface area contributed by atoms with Crippen LogP contribution in [0.5, 0.6) is 5.75 Å². The molecular formula is C21H15BrF8O3. The van der Waals surface area contributed by atoms with Crippen molar-refractivity contribution in [2.75, 3.05) is 6.61 Å². The van der Waals surface area contributed by atoms with Gasteiger partial charge in [0.1, 0.15) is 5.75 Å². The van der Waals surface area contributed by atoms with E-state index >= 15 is 0 Å². The van der Waals surface area contributed by atoms with Gasteiger partial charge in [0, 0.05) is 11.4 Å². The fraction of sp³-hybridized carbons (Fsp3) is 0.286. The van der Waals surface area contributed by atoms with Crippen LogP contribution in [0.3, 0.4) is 0 Å². The van der Waals surface area contributed by atoms with E-state index in [0.29, 0.717) is 19.1 Å². The number of carboxylic acids is 1. The lowest BCUT2D eigenvalue weighted by molar-refractivity contribution is -0.153. The summed E-state index contributed by atoms with van der Waals surface area (Å²) < 4.78 is 110. The molecule has 1 unspecified atom stereocenters. The SMILES string of the molecule is CC(F)(F)C(/C=C/c1ccc(C(=O)O)c(C(F)(F)F)c1)c1cc(Br)cc(OCC(F)(F)F)c1. The zero-order valence-corrected chi connectivity index (χ0v) is 18.2. The first-order valence-electron chi connectivity index (χ1n) is 8.98. The lowest BCUT2D eigenvalue weighted by atomic mass is 9.91. The summed E-state index contributed by atoms with van der Waals surface area (Å²) in [5.74, 6) is -7.37. The van der Waals surface area contributed by atoms with Crippen LogP contribution in [0.25, 0.3) is 6.08 Å². The van der Waals surface area contributed by atoms with E-state index in [1.165, 1.54) is 6.07 Å². The normalized spacial score (nSPS) is 13.9. The number of ether oxygens (including phenoxy) is 1. The van der Waals surface area contributed by atoms with E-state index in [1.54, 1.807) is 0 Å². The van der Waals surface area contributed by atoms with Crippen LogP contribution in [0.4, 0.5) is 35.1 Å². The summed E-state index contributed by atoms with van der Waals surface area (Å²) in [4.78, 5) is 11.0. The van der Waals surface area contributed by atoms with Crippen LogP contribution in [0.15, 0.2) is 46.9 Å². The lowest BCUT2D eigenvalue weighted by Crippen LogP contribution is -2.21. The quantitative estimate of drug-likeness (QED) is 0.364. The highest BCUT2D eigenvalue weighted by molar-refractivity contribution is 9.10. The van der Waals surface area contributed by atoms with Crippen molar-refractivity contribution in [2.45, 2.75) is 31.1 Å². The standard InChI is InChI=1S/C21H15BrF8O3/c1-19(23,24)16(12-7-13(22)9-14(8-12)33-10-20(25,26)27)5-3-11-2-4-15(18(31)32)17(6-11)21(28,29)30/h2-9,16H,10H2,1H3,(H,31,32)/b5-3+. The van der Waals surface area contributed by atoms with Gasteiger partial charge in [-0.25, -0.2) is 13.6 Å². The number of carbonyl (C=O) groups is 1. The van der Waals surface area contributed by atoms with Gasteiger partial charge in [0.25, 0.3) is 5.92 Å². The summed E-state index contributed by atoms with van der Waals surface area (Å²) in [5.41, 5.74) is -2.83. The second-order valence-corrected chi connectivity index (χ2v) is 7.94. The molecule has 0 aliphatic heterocycles. The molecule has 33 heavy (non-hydrogen) atoms. The maximum absolute atomic E-state index is 14.3. The number of aromatic carboxylic acids is 1. The average molecular weight is 547 g/mol. The summed E-state index contributed by atoms with van der Waals surface area (Å²) in [5, 5.41) is 8.94. The van der Waals surface area contributed by atoms with E-state index in [9.17, 15) is 39.9 Å². The smallest absolute Gasteiger partial charge is 0.422 e. The van der Waals surface area contributed by atoms with Crippen LogP contribution in [0, 0.1) is 0 Å². The van der Waals surface area contributed by atoms with Gasteiger partial charge in [0.15, 0.2) is 6.61 Å². The van der Waals surface area contributed by atoms with Crippen molar-refractivity contribution in [1.29, 1.82) is 0 Å². The first kappa shape index (κ1) is 26.6. The second kappa shape index (κ2) is 9.70. The lowest BCUT2D eigenvalue weighted by Gasteiger charge is -2.22. The Morgan fingerprint density at radius 3 is 2.21 bits per heavy atom. The number of alkyl halides is 8. The number of allylic oxidation sites excluding steroid dienone is 1. The molecule has 0 radical (unpaired) electrons. The van der Waals surface area contributed by atoms with Crippen LogP contribution < -0.4 is 4.74 Å². The van der Waals surface area contributed by atoms with Crippen LogP contribution in [-0.4, -0.2) is 29.8 Å². The van der Waals surface area contributed by atoms with Crippen molar-refractivity contribution in [2.24, 2.45) is 0 Å². The Morgan fingerprint density at radius 2 is 1.70 bits per heavy atom. The molecule has 2 aromatic rings. The third kappa shape index (κ3) is 7.72. The van der Waals surface area contributed by atoms with Gasteiger partial charge in [0.2, 0.25) is 0 Å². The Morgan fingerprint density at radius 1 is 1.06 bits per heavy atom. The Labute approximate surface area is 190 Å². The van der Waals surface area contributed by atoms with Gasteiger partial charge in [-0.2, -0.15) is 26.3 Å². The zero-order valence-electron chi connectivity index (χ0n) is 16.6. The molecule has 0 saturated heterocycles. The highest BCUT2D eigenvalue weighted by Gasteiger charge is 2.36. The summed E-state index contributed by atoms with van der Waals surface area (Å²) in [6, 6.07) is 5.54. The molecule has 0 bridgehead atoms. The molecule has 0 aliphatic rings. The molecular weight excluding hydrogens is 532 g/mol. The molecule has 12 heteroatoms. The first-order valence-corrected chi connectivity index (χ1v) is 9.77. The topological polar surface area (TPSA) is 46.5 Å². The minimum Gasteiger partial charge on any atom is -0.484 e. The fourth-order valence-electron chi connectivity index (χ4n) is 2.88.